The molecule has 1 saturated heterocycles. The van der Waals surface area contributed by atoms with E-state index in [0.717, 1.165) is 0 Å². The van der Waals surface area contributed by atoms with Crippen LogP contribution in [-0.4, -0.2) is 51.5 Å². The summed E-state index contributed by atoms with van der Waals surface area (Å²) in [6.45, 7) is 2.56. The molecule has 1 fully saturated rings. The van der Waals surface area contributed by atoms with E-state index < -0.39 is 15.9 Å². The van der Waals surface area contributed by atoms with Crippen molar-refractivity contribution in [2.45, 2.75) is 4.90 Å². The number of morpholine rings is 1. The number of ether oxygens (including phenoxy) is 1. The second-order valence-corrected chi connectivity index (χ2v) is 9.46. The number of aromatic nitrogens is 1. The molecule has 31 heavy (non-hydrogen) atoms. The standard InChI is InChI=1S/C19H17N5O5S2/c25-17-12-3-1-2-11-15(5-4-13(20-17)16(11)12)31(27,28)23-22-18(26)14-10-30-19(21-14)24-6-8-29-9-7-24/h1-5,10,23H,6-9H2,(H,20,25)(H,22,26). The fourth-order valence-corrected chi connectivity index (χ4v) is 5.50. The van der Waals surface area contributed by atoms with Crippen molar-refractivity contribution in [2.24, 2.45) is 0 Å². The molecule has 0 bridgehead atoms. The minimum Gasteiger partial charge on any atom is -0.378 e. The van der Waals surface area contributed by atoms with Crippen LogP contribution in [-0.2, 0) is 14.8 Å². The number of carbonyl (C=O) groups is 2. The maximum Gasteiger partial charge on any atom is 0.285 e. The van der Waals surface area contributed by atoms with Crippen molar-refractivity contribution in [2.75, 3.05) is 36.5 Å². The molecule has 10 nitrogen and oxygen atoms in total. The molecule has 160 valence electrons. The van der Waals surface area contributed by atoms with Gasteiger partial charge >= 0.3 is 0 Å². The number of carbonyl (C=O) groups excluding carboxylic acids is 2. The Labute approximate surface area is 181 Å². The van der Waals surface area contributed by atoms with Crippen molar-refractivity contribution in [3.05, 3.63) is 47.0 Å². The number of anilines is 2. The van der Waals surface area contributed by atoms with Crippen LogP contribution in [0.1, 0.15) is 20.8 Å². The first-order chi connectivity index (χ1) is 14.9. The maximum atomic E-state index is 12.9. The van der Waals surface area contributed by atoms with Gasteiger partial charge in [-0.3, -0.25) is 15.0 Å². The molecule has 3 aromatic rings. The summed E-state index contributed by atoms with van der Waals surface area (Å²) in [4.78, 5) is 32.9. The number of thiazole rings is 1. The molecular formula is C19H17N5O5S2. The summed E-state index contributed by atoms with van der Waals surface area (Å²) >= 11 is 1.31. The van der Waals surface area contributed by atoms with E-state index >= 15 is 0 Å². The highest BCUT2D eigenvalue weighted by molar-refractivity contribution is 7.89. The predicted molar refractivity (Wildman–Crippen MR) is 115 cm³/mol. The summed E-state index contributed by atoms with van der Waals surface area (Å²) in [5, 5.41) is 5.89. The normalized spacial score (nSPS) is 15.9. The Hall–Kier alpha value is -3.06. The minimum absolute atomic E-state index is 0.0443. The molecule has 0 aliphatic carbocycles. The number of nitrogens with zero attached hydrogens (tertiary/aromatic N) is 2. The summed E-state index contributed by atoms with van der Waals surface area (Å²) in [6.07, 6.45) is 0. The highest BCUT2D eigenvalue weighted by Gasteiger charge is 2.27. The topological polar surface area (TPSA) is 130 Å². The zero-order valence-electron chi connectivity index (χ0n) is 16.0. The molecule has 2 aliphatic heterocycles. The Balaban J connectivity index is 1.35. The zero-order chi connectivity index (χ0) is 21.6. The molecule has 2 aromatic carbocycles. The number of sulfonamides is 1. The van der Waals surface area contributed by atoms with Gasteiger partial charge in [0, 0.05) is 40.5 Å². The van der Waals surface area contributed by atoms with Gasteiger partial charge in [0.1, 0.15) is 5.69 Å². The summed E-state index contributed by atoms with van der Waals surface area (Å²) < 4.78 is 31.1. The van der Waals surface area contributed by atoms with Gasteiger partial charge < -0.3 is 15.0 Å². The highest BCUT2D eigenvalue weighted by atomic mass is 32.2. The Kier molecular flexibility index (Phi) is 4.85. The van der Waals surface area contributed by atoms with Gasteiger partial charge in [-0.05, 0) is 18.2 Å². The molecule has 2 aliphatic rings. The van der Waals surface area contributed by atoms with Gasteiger partial charge in [0.15, 0.2) is 5.13 Å². The largest absolute Gasteiger partial charge is 0.378 e. The van der Waals surface area contributed by atoms with Gasteiger partial charge in [0.2, 0.25) is 0 Å². The van der Waals surface area contributed by atoms with Crippen LogP contribution in [0.15, 0.2) is 40.6 Å². The summed E-state index contributed by atoms with van der Waals surface area (Å²) in [7, 11) is -4.10. The summed E-state index contributed by atoms with van der Waals surface area (Å²) in [6, 6.07) is 7.79. The van der Waals surface area contributed by atoms with Crippen LogP contribution in [0, 0.1) is 0 Å². The van der Waals surface area contributed by atoms with Gasteiger partial charge in [0.05, 0.1) is 18.1 Å². The lowest BCUT2D eigenvalue weighted by Gasteiger charge is -2.25. The third kappa shape index (κ3) is 3.53. The van der Waals surface area contributed by atoms with Gasteiger partial charge in [-0.2, -0.15) is 0 Å². The van der Waals surface area contributed by atoms with E-state index in [1.807, 2.05) is 4.90 Å². The fourth-order valence-electron chi connectivity index (χ4n) is 3.60. The average molecular weight is 460 g/mol. The number of nitrogens with one attached hydrogen (secondary N) is 3. The third-order valence-corrected chi connectivity index (χ3v) is 7.30. The van der Waals surface area contributed by atoms with Crippen LogP contribution >= 0.6 is 11.3 Å². The third-order valence-electron chi connectivity index (χ3n) is 5.09. The van der Waals surface area contributed by atoms with Crippen LogP contribution in [0.2, 0.25) is 0 Å². The number of hydrogen-bond acceptors (Lipinski definition) is 8. The molecule has 0 radical (unpaired) electrons. The SMILES string of the molecule is O=C(NNS(=O)(=O)c1ccc2c3c(cccc13)C(=O)N2)c1csc(N2CCOCC2)n1. The Morgan fingerprint density at radius 1 is 1.19 bits per heavy atom. The first-order valence-electron chi connectivity index (χ1n) is 9.41. The van der Waals surface area contributed by atoms with Gasteiger partial charge in [-0.25, -0.2) is 13.4 Å². The van der Waals surface area contributed by atoms with Crippen molar-refractivity contribution >= 4 is 54.8 Å². The molecule has 3 heterocycles. The Morgan fingerprint density at radius 2 is 2.00 bits per heavy atom. The molecular weight excluding hydrogens is 442 g/mol. The lowest BCUT2D eigenvalue weighted by molar-refractivity contribution is 0.0940. The lowest BCUT2D eigenvalue weighted by Crippen LogP contribution is -2.41. The molecule has 0 unspecified atom stereocenters. The van der Waals surface area contributed by atoms with E-state index in [-0.39, 0.29) is 16.5 Å². The maximum absolute atomic E-state index is 12.9. The number of hydrazine groups is 1. The van der Waals surface area contributed by atoms with Crippen LogP contribution in [0.5, 0.6) is 0 Å². The number of rotatable bonds is 5. The van der Waals surface area contributed by atoms with Crippen molar-refractivity contribution in [1.82, 2.24) is 15.2 Å². The molecule has 0 spiro atoms. The summed E-state index contributed by atoms with van der Waals surface area (Å²) in [5.74, 6) is -0.946. The second-order valence-electron chi connectivity index (χ2n) is 6.97. The van der Waals surface area contributed by atoms with Crippen LogP contribution in [0.25, 0.3) is 10.8 Å². The van der Waals surface area contributed by atoms with Crippen molar-refractivity contribution < 1.29 is 22.7 Å². The van der Waals surface area contributed by atoms with E-state index in [1.165, 1.54) is 23.5 Å². The van der Waals surface area contributed by atoms with Crippen LogP contribution in [0.3, 0.4) is 0 Å². The quantitative estimate of drug-likeness (QED) is 0.491. The fraction of sp³-hybridized carbons (Fsp3) is 0.211. The van der Waals surface area contributed by atoms with Crippen LogP contribution < -0.4 is 20.5 Å². The van der Waals surface area contributed by atoms with E-state index in [4.69, 9.17) is 4.74 Å². The lowest BCUT2D eigenvalue weighted by atomic mass is 10.1. The van der Waals surface area contributed by atoms with Gasteiger partial charge in [-0.15, -0.1) is 16.2 Å². The molecule has 2 amide bonds. The Bertz CT molecular complexity index is 1310. The monoisotopic (exact) mass is 459 g/mol. The number of benzene rings is 2. The highest BCUT2D eigenvalue weighted by Crippen LogP contribution is 2.36. The first-order valence-corrected chi connectivity index (χ1v) is 11.8. The molecule has 5 rings (SSSR count). The van der Waals surface area contributed by atoms with Gasteiger partial charge in [-0.1, -0.05) is 12.1 Å². The van der Waals surface area contributed by atoms with E-state index in [9.17, 15) is 18.0 Å². The predicted octanol–water partition coefficient (Wildman–Crippen LogP) is 1.32. The Morgan fingerprint density at radius 3 is 2.81 bits per heavy atom. The van der Waals surface area contributed by atoms with E-state index in [1.54, 1.807) is 23.6 Å². The summed E-state index contributed by atoms with van der Waals surface area (Å²) in [5.41, 5.74) is 3.29. The first kappa shape index (κ1) is 19.9. The van der Waals surface area contributed by atoms with Crippen molar-refractivity contribution in [3.63, 3.8) is 0 Å². The smallest absolute Gasteiger partial charge is 0.285 e. The number of hydrogen-bond donors (Lipinski definition) is 3. The second kappa shape index (κ2) is 7.57. The molecule has 0 atom stereocenters. The van der Waals surface area contributed by atoms with Crippen molar-refractivity contribution in [3.8, 4) is 0 Å². The molecule has 12 heteroatoms. The van der Waals surface area contributed by atoms with E-state index in [0.29, 0.717) is 53.5 Å². The zero-order valence-corrected chi connectivity index (χ0v) is 17.7. The molecule has 3 N–H and O–H groups in total. The minimum atomic E-state index is -4.10. The van der Waals surface area contributed by atoms with Gasteiger partial charge in [0.25, 0.3) is 21.8 Å². The van der Waals surface area contributed by atoms with E-state index in [2.05, 4.69) is 20.6 Å². The van der Waals surface area contributed by atoms with Crippen LogP contribution in [0.4, 0.5) is 10.8 Å². The average Bonchev–Trinajstić information content (AvgIpc) is 3.40. The molecule has 0 saturated carbocycles. The van der Waals surface area contributed by atoms with Crippen molar-refractivity contribution in [1.29, 1.82) is 0 Å². The molecule has 1 aromatic heterocycles. The number of amides is 2.